The molecular weight excluding hydrogens is 468 g/mol. The fourth-order valence-electron chi connectivity index (χ4n) is 4.48. The molecule has 1 N–H and O–H groups in total. The highest BCUT2D eigenvalue weighted by molar-refractivity contribution is 7.80. The molecule has 0 radical (unpaired) electrons. The maximum absolute atomic E-state index is 5.87. The van der Waals surface area contributed by atoms with Gasteiger partial charge in [-0.1, -0.05) is 48.5 Å². The maximum atomic E-state index is 5.87. The van der Waals surface area contributed by atoms with Crippen molar-refractivity contribution >= 4 is 28.6 Å². The molecule has 1 aliphatic rings. The number of methoxy groups -OCH3 is 1. The average Bonchev–Trinajstić information content (AvgIpc) is 3.38. The Morgan fingerprint density at radius 2 is 1.78 bits per heavy atom. The van der Waals surface area contributed by atoms with E-state index < -0.39 is 0 Å². The van der Waals surface area contributed by atoms with Gasteiger partial charge in [-0.3, -0.25) is 4.90 Å². The number of ether oxygens (including phenoxy) is 1. The fourth-order valence-corrected chi connectivity index (χ4v) is 4.84. The number of thiocarbonyl (C=S) groups is 1. The summed E-state index contributed by atoms with van der Waals surface area (Å²) in [5.41, 5.74) is 7.18. The molecule has 0 amide bonds. The van der Waals surface area contributed by atoms with Crippen molar-refractivity contribution < 1.29 is 9.26 Å². The highest BCUT2D eigenvalue weighted by Crippen LogP contribution is 2.39. The molecule has 4 aromatic rings. The van der Waals surface area contributed by atoms with Gasteiger partial charge in [-0.15, -0.1) is 0 Å². The molecule has 5 rings (SSSR count). The Bertz CT molecular complexity index is 1420. The SMILES string of the molecule is CCc1ccc(C2NC(=S)N(c3cccc(C)c3)C(C)=C2c2nc(-c3ccc(OC)cc3)no2)cc1. The molecule has 36 heavy (non-hydrogen) atoms. The van der Waals surface area contributed by atoms with E-state index >= 15 is 0 Å². The second kappa shape index (κ2) is 9.95. The molecule has 0 saturated carbocycles. The van der Waals surface area contributed by atoms with Gasteiger partial charge < -0.3 is 14.6 Å². The molecule has 0 bridgehead atoms. The van der Waals surface area contributed by atoms with Crippen molar-refractivity contribution in [3.8, 4) is 17.1 Å². The molecule has 1 aliphatic heterocycles. The average molecular weight is 497 g/mol. The summed E-state index contributed by atoms with van der Waals surface area (Å²) < 4.78 is 11.1. The Kier molecular flexibility index (Phi) is 6.57. The first-order valence-electron chi connectivity index (χ1n) is 11.9. The number of rotatable bonds is 6. The number of aromatic nitrogens is 2. The summed E-state index contributed by atoms with van der Waals surface area (Å²) in [6.45, 7) is 6.27. The van der Waals surface area contributed by atoms with E-state index in [2.05, 4.69) is 73.7 Å². The van der Waals surface area contributed by atoms with Gasteiger partial charge in [0.05, 0.1) is 18.7 Å². The molecule has 0 saturated heterocycles. The molecule has 7 heteroatoms. The second-order valence-electron chi connectivity index (χ2n) is 8.80. The topological polar surface area (TPSA) is 63.4 Å². The van der Waals surface area contributed by atoms with E-state index in [1.165, 1.54) is 5.56 Å². The van der Waals surface area contributed by atoms with Gasteiger partial charge in [0.1, 0.15) is 5.75 Å². The number of aryl methyl sites for hydroxylation is 2. The molecular formula is C29H28N4O2S. The van der Waals surface area contributed by atoms with Gasteiger partial charge >= 0.3 is 0 Å². The molecule has 1 unspecified atom stereocenters. The number of anilines is 1. The van der Waals surface area contributed by atoms with Crippen molar-refractivity contribution in [2.45, 2.75) is 33.2 Å². The fraction of sp³-hybridized carbons (Fsp3) is 0.207. The lowest BCUT2D eigenvalue weighted by Crippen LogP contribution is -2.46. The number of benzene rings is 3. The normalized spacial score (nSPS) is 15.7. The van der Waals surface area contributed by atoms with E-state index in [1.54, 1.807) is 7.11 Å². The molecule has 6 nitrogen and oxygen atoms in total. The Morgan fingerprint density at radius 1 is 1.03 bits per heavy atom. The molecule has 0 fully saturated rings. The lowest BCUT2D eigenvalue weighted by atomic mass is 9.93. The van der Waals surface area contributed by atoms with Crippen molar-refractivity contribution in [2.24, 2.45) is 0 Å². The van der Waals surface area contributed by atoms with Crippen molar-refractivity contribution in [3.63, 3.8) is 0 Å². The van der Waals surface area contributed by atoms with Gasteiger partial charge in [0, 0.05) is 16.9 Å². The van der Waals surface area contributed by atoms with Crippen LogP contribution in [-0.2, 0) is 6.42 Å². The molecule has 2 heterocycles. The summed E-state index contributed by atoms with van der Waals surface area (Å²) in [5, 5.41) is 8.46. The monoisotopic (exact) mass is 496 g/mol. The molecule has 1 atom stereocenters. The van der Waals surface area contributed by atoms with Crippen LogP contribution in [0.25, 0.3) is 17.0 Å². The molecule has 3 aromatic carbocycles. The predicted octanol–water partition coefficient (Wildman–Crippen LogP) is 6.48. The molecule has 182 valence electrons. The minimum absolute atomic E-state index is 0.228. The maximum Gasteiger partial charge on any atom is 0.258 e. The van der Waals surface area contributed by atoms with Crippen LogP contribution in [-0.4, -0.2) is 22.4 Å². The lowest BCUT2D eigenvalue weighted by Gasteiger charge is -2.37. The van der Waals surface area contributed by atoms with Crippen LogP contribution in [0, 0.1) is 6.92 Å². The number of hydrogen-bond donors (Lipinski definition) is 1. The van der Waals surface area contributed by atoms with Crippen LogP contribution in [0.5, 0.6) is 5.75 Å². The van der Waals surface area contributed by atoms with Crippen LogP contribution in [0.4, 0.5) is 5.69 Å². The van der Waals surface area contributed by atoms with E-state index in [0.717, 1.165) is 45.8 Å². The molecule has 0 aliphatic carbocycles. The summed E-state index contributed by atoms with van der Waals surface area (Å²) >= 11 is 5.87. The van der Waals surface area contributed by atoms with Gasteiger partial charge in [-0.25, -0.2) is 0 Å². The van der Waals surface area contributed by atoms with Gasteiger partial charge in [-0.2, -0.15) is 4.98 Å². The van der Waals surface area contributed by atoms with Crippen LogP contribution in [0.1, 0.15) is 42.5 Å². The predicted molar refractivity (Wildman–Crippen MR) is 147 cm³/mol. The number of nitrogens with one attached hydrogen (secondary N) is 1. The lowest BCUT2D eigenvalue weighted by molar-refractivity contribution is 0.404. The van der Waals surface area contributed by atoms with E-state index in [9.17, 15) is 0 Å². The zero-order valence-electron chi connectivity index (χ0n) is 20.8. The molecule has 0 spiro atoms. The first-order chi connectivity index (χ1) is 17.5. The van der Waals surface area contributed by atoms with Crippen molar-refractivity contribution in [2.75, 3.05) is 12.0 Å². The van der Waals surface area contributed by atoms with E-state index in [1.807, 2.05) is 35.2 Å². The van der Waals surface area contributed by atoms with Gasteiger partial charge in [0.25, 0.3) is 5.89 Å². The molecule has 1 aromatic heterocycles. The van der Waals surface area contributed by atoms with E-state index in [-0.39, 0.29) is 6.04 Å². The Balaban J connectivity index is 1.62. The summed E-state index contributed by atoms with van der Waals surface area (Å²) in [5.74, 6) is 1.74. The standard InChI is InChI=1S/C29H28N4O2S/c1-5-20-9-11-21(12-10-20)26-25(19(3)33(29(36)30-26)23-8-6-7-18(2)17-23)28-31-27(32-35-28)22-13-15-24(34-4)16-14-22/h6-17,26H,5H2,1-4H3,(H,30,36). The number of hydrogen-bond acceptors (Lipinski definition) is 5. The third-order valence-electron chi connectivity index (χ3n) is 6.47. The third kappa shape index (κ3) is 4.50. The second-order valence-corrected chi connectivity index (χ2v) is 9.19. The Morgan fingerprint density at radius 3 is 2.44 bits per heavy atom. The zero-order valence-corrected chi connectivity index (χ0v) is 21.6. The quantitative estimate of drug-likeness (QED) is 0.306. The number of allylic oxidation sites excluding steroid dienone is 1. The third-order valence-corrected chi connectivity index (χ3v) is 6.77. The van der Waals surface area contributed by atoms with Crippen LogP contribution in [0.2, 0.25) is 0 Å². The van der Waals surface area contributed by atoms with Crippen molar-refractivity contribution in [3.05, 3.63) is 101 Å². The summed E-state index contributed by atoms with van der Waals surface area (Å²) in [6.07, 6.45) is 0.981. The Labute approximate surface area is 216 Å². The highest BCUT2D eigenvalue weighted by atomic mass is 32.1. The summed E-state index contributed by atoms with van der Waals surface area (Å²) in [7, 11) is 1.64. The van der Waals surface area contributed by atoms with Crippen LogP contribution >= 0.6 is 12.2 Å². The first kappa shape index (κ1) is 23.8. The smallest absolute Gasteiger partial charge is 0.258 e. The van der Waals surface area contributed by atoms with E-state index in [0.29, 0.717) is 16.8 Å². The van der Waals surface area contributed by atoms with Gasteiger partial charge in [0.2, 0.25) is 5.82 Å². The van der Waals surface area contributed by atoms with Crippen LogP contribution in [0.3, 0.4) is 0 Å². The largest absolute Gasteiger partial charge is 0.497 e. The minimum Gasteiger partial charge on any atom is -0.497 e. The Hall–Kier alpha value is -3.97. The van der Waals surface area contributed by atoms with Crippen LogP contribution < -0.4 is 15.0 Å². The van der Waals surface area contributed by atoms with Crippen molar-refractivity contribution in [1.82, 2.24) is 15.5 Å². The first-order valence-corrected chi connectivity index (χ1v) is 12.3. The van der Waals surface area contributed by atoms with Crippen LogP contribution in [0.15, 0.2) is 83.0 Å². The minimum atomic E-state index is -0.228. The zero-order chi connectivity index (χ0) is 25.2. The highest BCUT2D eigenvalue weighted by Gasteiger charge is 2.34. The summed E-state index contributed by atoms with van der Waals surface area (Å²) in [6, 6.07) is 24.2. The van der Waals surface area contributed by atoms with Gasteiger partial charge in [0.15, 0.2) is 5.11 Å². The summed E-state index contributed by atoms with van der Waals surface area (Å²) in [4.78, 5) is 6.84. The van der Waals surface area contributed by atoms with E-state index in [4.69, 9.17) is 26.5 Å². The van der Waals surface area contributed by atoms with Crippen molar-refractivity contribution in [1.29, 1.82) is 0 Å². The number of nitrogens with zero attached hydrogens (tertiary/aromatic N) is 3. The van der Waals surface area contributed by atoms with Gasteiger partial charge in [-0.05, 0) is 85.6 Å².